The molecular weight excluding hydrogens is 336 g/mol. The van der Waals surface area contributed by atoms with Gasteiger partial charge in [-0.25, -0.2) is 0 Å². The van der Waals surface area contributed by atoms with E-state index < -0.39 is 0 Å². The second-order valence-corrected chi connectivity index (χ2v) is 8.08. The minimum absolute atomic E-state index is 0.0313. The fraction of sp³-hybridized carbons (Fsp3) is 0.650. The molecule has 3 unspecified atom stereocenters. The van der Waals surface area contributed by atoms with Gasteiger partial charge in [0.15, 0.2) is 0 Å². The summed E-state index contributed by atoms with van der Waals surface area (Å²) in [7, 11) is 1.66. The predicted molar refractivity (Wildman–Crippen MR) is 99.7 cm³/mol. The van der Waals surface area contributed by atoms with Crippen LogP contribution in [0.4, 0.5) is 0 Å². The SMILES string of the molecule is COc1c(C(=O)NC2CCN3CCCC2C3)cc(Cl)c2c1CCCC2. The average Bonchev–Trinajstić information content (AvgIpc) is 2.64. The van der Waals surface area contributed by atoms with E-state index in [0.717, 1.165) is 56.5 Å². The second-order valence-electron chi connectivity index (χ2n) is 7.67. The van der Waals surface area contributed by atoms with Crippen LogP contribution in [0.2, 0.25) is 5.02 Å². The van der Waals surface area contributed by atoms with Gasteiger partial charge < -0.3 is 15.0 Å². The number of hydrogen-bond acceptors (Lipinski definition) is 3. The number of nitrogens with one attached hydrogen (secondary N) is 1. The fourth-order valence-corrected chi connectivity index (χ4v) is 5.20. The van der Waals surface area contributed by atoms with E-state index in [0.29, 0.717) is 16.5 Å². The van der Waals surface area contributed by atoms with Gasteiger partial charge in [0.05, 0.1) is 12.7 Å². The summed E-state index contributed by atoms with van der Waals surface area (Å²) in [6, 6.07) is 2.08. The van der Waals surface area contributed by atoms with Crippen LogP contribution >= 0.6 is 11.6 Å². The minimum atomic E-state index is -0.0313. The number of carbonyl (C=O) groups is 1. The third kappa shape index (κ3) is 3.26. The molecule has 4 nitrogen and oxygen atoms in total. The van der Waals surface area contributed by atoms with E-state index in [2.05, 4.69) is 10.2 Å². The molecule has 3 aliphatic rings. The van der Waals surface area contributed by atoms with Crippen LogP contribution in [0.25, 0.3) is 0 Å². The number of piperidine rings is 2. The summed E-state index contributed by atoms with van der Waals surface area (Å²) < 4.78 is 5.66. The van der Waals surface area contributed by atoms with E-state index in [-0.39, 0.29) is 11.9 Å². The molecule has 0 spiro atoms. The molecule has 1 aromatic rings. The van der Waals surface area contributed by atoms with Crippen molar-refractivity contribution in [2.45, 2.75) is 51.0 Å². The molecule has 1 amide bonds. The number of ether oxygens (including phenoxy) is 1. The Hall–Kier alpha value is -1.26. The smallest absolute Gasteiger partial charge is 0.255 e. The minimum Gasteiger partial charge on any atom is -0.496 e. The van der Waals surface area contributed by atoms with Crippen LogP contribution in [0.3, 0.4) is 0 Å². The molecule has 2 bridgehead atoms. The first kappa shape index (κ1) is 17.2. The number of rotatable bonds is 3. The zero-order valence-corrected chi connectivity index (χ0v) is 15.7. The number of nitrogens with zero attached hydrogens (tertiary/aromatic N) is 1. The molecule has 1 aromatic carbocycles. The molecule has 2 aliphatic heterocycles. The first-order chi connectivity index (χ1) is 12.2. The maximum Gasteiger partial charge on any atom is 0.255 e. The van der Waals surface area contributed by atoms with Gasteiger partial charge in [-0.2, -0.15) is 0 Å². The summed E-state index contributed by atoms with van der Waals surface area (Å²) in [4.78, 5) is 15.5. The van der Waals surface area contributed by atoms with Gasteiger partial charge in [-0.3, -0.25) is 4.79 Å². The zero-order valence-electron chi connectivity index (χ0n) is 14.9. The molecule has 0 radical (unpaired) electrons. The van der Waals surface area contributed by atoms with Crippen LogP contribution in [-0.2, 0) is 12.8 Å². The van der Waals surface area contributed by atoms with E-state index in [1.54, 1.807) is 7.11 Å². The van der Waals surface area contributed by atoms with Crippen LogP contribution < -0.4 is 10.1 Å². The number of amides is 1. The van der Waals surface area contributed by atoms with Crippen LogP contribution in [-0.4, -0.2) is 43.6 Å². The Morgan fingerprint density at radius 2 is 2.00 bits per heavy atom. The fourth-order valence-electron chi connectivity index (χ4n) is 4.88. The summed E-state index contributed by atoms with van der Waals surface area (Å²) in [5, 5.41) is 4.01. The van der Waals surface area contributed by atoms with E-state index in [4.69, 9.17) is 16.3 Å². The van der Waals surface area contributed by atoms with Crippen molar-refractivity contribution in [2.75, 3.05) is 26.7 Å². The third-order valence-electron chi connectivity index (χ3n) is 6.18. The van der Waals surface area contributed by atoms with Crippen LogP contribution in [0.15, 0.2) is 6.07 Å². The van der Waals surface area contributed by atoms with Crippen molar-refractivity contribution in [3.05, 3.63) is 27.8 Å². The average molecular weight is 363 g/mol. The molecular formula is C20H27ClN2O2. The summed E-state index contributed by atoms with van der Waals surface area (Å²) in [5.74, 6) is 1.28. The van der Waals surface area contributed by atoms with Crippen LogP contribution in [0.5, 0.6) is 5.75 Å². The Morgan fingerprint density at radius 3 is 2.80 bits per heavy atom. The Bertz CT molecular complexity index is 676. The summed E-state index contributed by atoms with van der Waals surface area (Å²) in [6.45, 7) is 3.42. The van der Waals surface area contributed by atoms with E-state index in [1.807, 2.05) is 6.07 Å². The lowest BCUT2D eigenvalue weighted by Crippen LogP contribution is -2.53. The van der Waals surface area contributed by atoms with Gasteiger partial charge in [0.1, 0.15) is 5.75 Å². The highest BCUT2D eigenvalue weighted by molar-refractivity contribution is 6.32. The lowest BCUT2D eigenvalue weighted by Gasteiger charge is -2.42. The molecule has 25 heavy (non-hydrogen) atoms. The number of carbonyl (C=O) groups excluding carboxylic acids is 1. The van der Waals surface area contributed by atoms with Crippen molar-refractivity contribution >= 4 is 17.5 Å². The zero-order chi connectivity index (χ0) is 17.4. The largest absolute Gasteiger partial charge is 0.496 e. The van der Waals surface area contributed by atoms with Crippen LogP contribution in [0.1, 0.15) is 53.6 Å². The molecule has 4 rings (SSSR count). The lowest BCUT2D eigenvalue weighted by atomic mass is 9.84. The first-order valence-corrected chi connectivity index (χ1v) is 9.96. The van der Waals surface area contributed by atoms with Crippen molar-refractivity contribution in [3.8, 4) is 5.75 Å². The molecule has 136 valence electrons. The van der Waals surface area contributed by atoms with Crippen molar-refractivity contribution < 1.29 is 9.53 Å². The van der Waals surface area contributed by atoms with Crippen LogP contribution in [0, 0.1) is 5.92 Å². The predicted octanol–water partition coefficient (Wildman–Crippen LogP) is 3.44. The maximum atomic E-state index is 13.0. The Balaban J connectivity index is 1.58. The molecule has 2 heterocycles. The van der Waals surface area contributed by atoms with E-state index in [1.165, 1.54) is 24.9 Å². The number of benzene rings is 1. The Labute approximate surface area is 154 Å². The molecule has 2 saturated heterocycles. The van der Waals surface area contributed by atoms with Gasteiger partial charge in [-0.1, -0.05) is 11.6 Å². The van der Waals surface area contributed by atoms with Gasteiger partial charge in [0, 0.05) is 24.2 Å². The molecule has 1 N–H and O–H groups in total. The third-order valence-corrected chi connectivity index (χ3v) is 6.52. The monoisotopic (exact) mass is 362 g/mol. The molecule has 0 saturated carbocycles. The first-order valence-electron chi connectivity index (χ1n) is 9.59. The molecule has 0 aromatic heterocycles. The second kappa shape index (κ2) is 7.16. The van der Waals surface area contributed by atoms with Gasteiger partial charge in [-0.15, -0.1) is 0 Å². The van der Waals surface area contributed by atoms with Gasteiger partial charge >= 0.3 is 0 Å². The summed E-state index contributed by atoms with van der Waals surface area (Å²) >= 11 is 6.51. The molecule has 2 fully saturated rings. The van der Waals surface area contributed by atoms with Crippen molar-refractivity contribution in [1.29, 1.82) is 0 Å². The van der Waals surface area contributed by atoms with Gasteiger partial charge in [0.2, 0.25) is 0 Å². The quantitative estimate of drug-likeness (QED) is 0.895. The Morgan fingerprint density at radius 1 is 1.20 bits per heavy atom. The van der Waals surface area contributed by atoms with Gasteiger partial charge in [-0.05, 0) is 74.6 Å². The van der Waals surface area contributed by atoms with Crippen molar-refractivity contribution in [1.82, 2.24) is 10.2 Å². The topological polar surface area (TPSA) is 41.6 Å². The Kier molecular flexibility index (Phi) is 4.92. The summed E-state index contributed by atoms with van der Waals surface area (Å²) in [5.41, 5.74) is 2.91. The summed E-state index contributed by atoms with van der Waals surface area (Å²) in [6.07, 6.45) is 7.70. The van der Waals surface area contributed by atoms with Gasteiger partial charge in [0.25, 0.3) is 5.91 Å². The highest BCUT2D eigenvalue weighted by atomic mass is 35.5. The maximum absolute atomic E-state index is 13.0. The number of hydrogen-bond donors (Lipinski definition) is 1. The van der Waals surface area contributed by atoms with Crippen molar-refractivity contribution in [3.63, 3.8) is 0 Å². The molecule has 1 aliphatic carbocycles. The highest BCUT2D eigenvalue weighted by Crippen LogP contribution is 2.38. The van der Waals surface area contributed by atoms with E-state index in [9.17, 15) is 4.79 Å². The number of halogens is 1. The number of fused-ring (bicyclic) bond motifs is 3. The lowest BCUT2D eigenvalue weighted by molar-refractivity contribution is 0.0737. The standard InChI is InChI=1S/C20H27ClN2O2/c1-25-19-15-7-3-2-6-14(15)17(21)11-16(19)20(24)22-18-8-10-23-9-4-5-13(18)12-23/h11,13,18H,2-10,12H2,1H3,(H,22,24). The highest BCUT2D eigenvalue weighted by Gasteiger charge is 2.34. The van der Waals surface area contributed by atoms with E-state index >= 15 is 0 Å². The molecule has 5 heteroatoms. The molecule has 3 atom stereocenters. The number of methoxy groups -OCH3 is 1. The normalized spacial score (nSPS) is 28.2. The van der Waals surface area contributed by atoms with Crippen molar-refractivity contribution in [2.24, 2.45) is 5.92 Å².